The second kappa shape index (κ2) is 4.74. The zero-order valence-electron chi connectivity index (χ0n) is 9.90. The molecule has 0 aliphatic rings. The minimum Gasteiger partial charge on any atom is -0.418 e. The van der Waals surface area contributed by atoms with Crippen molar-refractivity contribution < 1.29 is 9.34 Å². The summed E-state index contributed by atoms with van der Waals surface area (Å²) in [6, 6.07) is 6.61. The van der Waals surface area contributed by atoms with Crippen molar-refractivity contribution in [3.05, 3.63) is 56.4 Å². The van der Waals surface area contributed by atoms with Crippen LogP contribution in [0.2, 0.25) is 0 Å². The van der Waals surface area contributed by atoms with Crippen molar-refractivity contribution in [2.45, 2.75) is 0 Å². The zero-order valence-corrected chi connectivity index (χ0v) is 10.7. The van der Waals surface area contributed by atoms with Gasteiger partial charge in [-0.3, -0.25) is 10.1 Å². The van der Waals surface area contributed by atoms with Gasteiger partial charge in [0.2, 0.25) is 0 Å². The fourth-order valence-corrected chi connectivity index (χ4v) is 2.36. The Kier molecular flexibility index (Phi) is 2.92. The van der Waals surface area contributed by atoms with Crippen LogP contribution in [-0.2, 0) is 0 Å². The molecular weight excluding hydrogens is 282 g/mol. The molecule has 8 heteroatoms. The van der Waals surface area contributed by atoms with Crippen LogP contribution in [0.1, 0.15) is 0 Å². The molecule has 0 saturated heterocycles. The lowest BCUT2D eigenvalue weighted by Gasteiger charge is -2.06. The number of nitrogens with one attached hydrogen (secondary N) is 1. The van der Waals surface area contributed by atoms with Crippen molar-refractivity contribution in [2.24, 2.45) is 0 Å². The maximum atomic E-state index is 11.8. The van der Waals surface area contributed by atoms with E-state index in [9.17, 15) is 14.9 Å². The number of thiazole rings is 1. The van der Waals surface area contributed by atoms with E-state index in [2.05, 4.69) is 10.3 Å². The molecule has 3 aromatic rings. The second-order valence-electron chi connectivity index (χ2n) is 3.83. The molecule has 2 heterocycles. The van der Waals surface area contributed by atoms with Crippen LogP contribution in [-0.4, -0.2) is 9.91 Å². The van der Waals surface area contributed by atoms with Gasteiger partial charge in [-0.15, -0.1) is 11.3 Å². The molecule has 1 aromatic carbocycles. The predicted molar refractivity (Wildman–Crippen MR) is 74.5 cm³/mol. The molecule has 100 valence electrons. The minimum atomic E-state index is -0.993. The number of nitrogens with zero attached hydrogens (tertiary/aromatic N) is 2. The molecule has 0 amide bonds. The van der Waals surface area contributed by atoms with E-state index in [1.54, 1.807) is 35.8 Å². The molecule has 7 nitrogen and oxygen atoms in total. The summed E-state index contributed by atoms with van der Waals surface area (Å²) in [5, 5.41) is 16.6. The third kappa shape index (κ3) is 2.01. The van der Waals surface area contributed by atoms with Crippen LogP contribution in [0.15, 0.2) is 45.1 Å². The van der Waals surface area contributed by atoms with Gasteiger partial charge in [-0.1, -0.05) is 12.1 Å². The van der Waals surface area contributed by atoms with E-state index < -0.39 is 16.2 Å². The highest BCUT2D eigenvalue weighted by Gasteiger charge is 2.25. The van der Waals surface area contributed by atoms with E-state index in [1.165, 1.54) is 11.3 Å². The molecule has 0 aliphatic heterocycles. The Balaban J connectivity index is 2.32. The monoisotopic (exact) mass is 289 g/mol. The van der Waals surface area contributed by atoms with Crippen molar-refractivity contribution >= 4 is 38.8 Å². The summed E-state index contributed by atoms with van der Waals surface area (Å²) in [6.45, 7) is 0. The molecule has 0 saturated carbocycles. The van der Waals surface area contributed by atoms with E-state index in [-0.39, 0.29) is 11.3 Å². The van der Waals surface area contributed by atoms with E-state index in [4.69, 9.17) is 4.42 Å². The molecule has 0 radical (unpaired) electrons. The Morgan fingerprint density at radius 2 is 2.15 bits per heavy atom. The highest BCUT2D eigenvalue weighted by atomic mass is 32.1. The number of fused-ring (bicyclic) bond motifs is 1. The number of hydrogen-bond donors (Lipinski definition) is 1. The standard InChI is InChI=1S/C12H7N3O4S/c16-11-10(15(17)18)9(14-12-13-5-6-20-12)7-3-1-2-4-8(7)19-11/h1-6H,(H,13,14). The van der Waals surface area contributed by atoms with Crippen LogP contribution >= 0.6 is 11.3 Å². The Morgan fingerprint density at radius 1 is 1.35 bits per heavy atom. The number of para-hydroxylation sites is 1. The molecule has 1 N–H and O–H groups in total. The van der Waals surface area contributed by atoms with Crippen LogP contribution in [0.3, 0.4) is 0 Å². The maximum absolute atomic E-state index is 11.8. The number of benzene rings is 1. The van der Waals surface area contributed by atoms with Crippen LogP contribution in [0.25, 0.3) is 11.0 Å². The average Bonchev–Trinajstić information content (AvgIpc) is 2.91. The van der Waals surface area contributed by atoms with Gasteiger partial charge in [0.25, 0.3) is 0 Å². The van der Waals surface area contributed by atoms with Crippen molar-refractivity contribution in [1.29, 1.82) is 0 Å². The van der Waals surface area contributed by atoms with E-state index in [0.717, 1.165) is 0 Å². The molecule has 3 rings (SSSR count). The second-order valence-corrected chi connectivity index (χ2v) is 4.72. The molecule has 0 spiro atoms. The van der Waals surface area contributed by atoms with Gasteiger partial charge in [0.15, 0.2) is 5.13 Å². The van der Waals surface area contributed by atoms with E-state index >= 15 is 0 Å². The summed E-state index contributed by atoms with van der Waals surface area (Å²) >= 11 is 1.28. The van der Waals surface area contributed by atoms with Crippen molar-refractivity contribution in [1.82, 2.24) is 4.98 Å². The average molecular weight is 289 g/mol. The molecule has 0 fully saturated rings. The first-order valence-corrected chi connectivity index (χ1v) is 6.41. The van der Waals surface area contributed by atoms with Crippen LogP contribution in [0, 0.1) is 10.1 Å². The normalized spacial score (nSPS) is 10.6. The van der Waals surface area contributed by atoms with Gasteiger partial charge in [0.05, 0.1) is 4.92 Å². The summed E-state index contributed by atoms with van der Waals surface area (Å²) in [7, 11) is 0. The van der Waals surface area contributed by atoms with Crippen molar-refractivity contribution in [3.8, 4) is 0 Å². The largest absolute Gasteiger partial charge is 0.418 e. The fourth-order valence-electron chi connectivity index (χ4n) is 1.82. The fraction of sp³-hybridized carbons (Fsp3) is 0. The topological polar surface area (TPSA) is 98.3 Å². The number of rotatable bonds is 3. The lowest BCUT2D eigenvalue weighted by molar-refractivity contribution is -0.386. The highest BCUT2D eigenvalue weighted by Crippen LogP contribution is 2.32. The summed E-state index contributed by atoms with van der Waals surface area (Å²) in [5.41, 5.74) is -1.24. The van der Waals surface area contributed by atoms with Crippen molar-refractivity contribution in [3.63, 3.8) is 0 Å². The van der Waals surface area contributed by atoms with Gasteiger partial charge < -0.3 is 9.73 Å². The first-order chi connectivity index (χ1) is 9.66. The van der Waals surface area contributed by atoms with E-state index in [1.807, 2.05) is 0 Å². The van der Waals surface area contributed by atoms with Crippen LogP contribution in [0.4, 0.5) is 16.5 Å². The van der Waals surface area contributed by atoms with Crippen molar-refractivity contribution in [2.75, 3.05) is 5.32 Å². The summed E-state index contributed by atoms with van der Waals surface area (Å²) < 4.78 is 4.96. The Morgan fingerprint density at radius 3 is 2.85 bits per heavy atom. The Bertz CT molecular complexity index is 842. The first kappa shape index (κ1) is 12.3. The molecule has 20 heavy (non-hydrogen) atoms. The molecule has 0 unspecified atom stereocenters. The minimum absolute atomic E-state index is 0.0943. The summed E-state index contributed by atoms with van der Waals surface area (Å²) in [6.07, 6.45) is 1.56. The van der Waals surface area contributed by atoms with Gasteiger partial charge in [-0.05, 0) is 12.1 Å². The third-order valence-electron chi connectivity index (χ3n) is 2.64. The SMILES string of the molecule is O=c1oc2ccccc2c(Nc2nccs2)c1[N+](=O)[O-]. The number of anilines is 2. The predicted octanol–water partition coefficient (Wildman–Crippen LogP) is 2.90. The molecule has 2 aromatic heterocycles. The Labute approximate surface area is 115 Å². The van der Waals surface area contributed by atoms with Crippen LogP contribution < -0.4 is 10.9 Å². The summed E-state index contributed by atoms with van der Waals surface area (Å²) in [5.74, 6) is 0. The first-order valence-electron chi connectivity index (χ1n) is 5.53. The molecule has 0 bridgehead atoms. The summed E-state index contributed by atoms with van der Waals surface area (Å²) in [4.78, 5) is 26.1. The quantitative estimate of drug-likeness (QED) is 0.452. The number of aromatic nitrogens is 1. The number of nitro groups is 1. The maximum Gasteiger partial charge on any atom is 0.417 e. The lowest BCUT2D eigenvalue weighted by Crippen LogP contribution is -2.10. The highest BCUT2D eigenvalue weighted by molar-refractivity contribution is 7.13. The number of hydrogen-bond acceptors (Lipinski definition) is 7. The molecular formula is C12H7N3O4S. The van der Waals surface area contributed by atoms with Crippen LogP contribution in [0.5, 0.6) is 0 Å². The van der Waals surface area contributed by atoms with Gasteiger partial charge in [-0.2, -0.15) is 0 Å². The van der Waals surface area contributed by atoms with E-state index in [0.29, 0.717) is 10.5 Å². The Hall–Kier alpha value is -2.74. The van der Waals surface area contributed by atoms with Gasteiger partial charge in [-0.25, -0.2) is 9.78 Å². The zero-order chi connectivity index (χ0) is 14.1. The third-order valence-corrected chi connectivity index (χ3v) is 3.32. The molecule has 0 aliphatic carbocycles. The smallest absolute Gasteiger partial charge is 0.417 e. The lowest BCUT2D eigenvalue weighted by atomic mass is 10.2. The van der Waals surface area contributed by atoms with Gasteiger partial charge in [0, 0.05) is 17.0 Å². The van der Waals surface area contributed by atoms with Gasteiger partial charge in [0.1, 0.15) is 11.3 Å². The van der Waals surface area contributed by atoms with Gasteiger partial charge >= 0.3 is 11.3 Å². The molecule has 0 atom stereocenters.